The minimum Gasteiger partial charge on any atom is -0.481 e. The van der Waals surface area contributed by atoms with Crippen molar-refractivity contribution in [3.63, 3.8) is 0 Å². The summed E-state index contributed by atoms with van der Waals surface area (Å²) in [6.07, 6.45) is 3.13. The summed E-state index contributed by atoms with van der Waals surface area (Å²) in [5.41, 5.74) is 1.04. The fourth-order valence-electron chi connectivity index (χ4n) is 2.95. The van der Waals surface area contributed by atoms with Gasteiger partial charge >= 0.3 is 5.97 Å². The summed E-state index contributed by atoms with van der Waals surface area (Å²) in [5, 5.41) is 9.28. The average Bonchev–Trinajstić information content (AvgIpc) is 2.48. The van der Waals surface area contributed by atoms with Crippen molar-refractivity contribution in [1.29, 1.82) is 0 Å². The smallest absolute Gasteiger partial charge is 0.307 e. The fraction of sp³-hybridized carbons (Fsp3) is 0.500. The van der Waals surface area contributed by atoms with E-state index >= 15 is 0 Å². The van der Waals surface area contributed by atoms with Gasteiger partial charge in [-0.2, -0.15) is 0 Å². The number of benzene rings is 1. The van der Waals surface area contributed by atoms with Crippen molar-refractivity contribution in [2.24, 2.45) is 11.8 Å². The van der Waals surface area contributed by atoms with Crippen LogP contribution in [0, 0.1) is 11.8 Å². The van der Waals surface area contributed by atoms with Crippen LogP contribution in [0.5, 0.6) is 0 Å². The van der Waals surface area contributed by atoms with Crippen molar-refractivity contribution in [2.45, 2.75) is 32.2 Å². The lowest BCUT2D eigenvalue weighted by Crippen LogP contribution is -2.40. The number of hydrogen-bond acceptors (Lipinski definition) is 2. The first-order valence-electron chi connectivity index (χ1n) is 7.21. The van der Waals surface area contributed by atoms with Crippen LogP contribution in [0.3, 0.4) is 0 Å². The Morgan fingerprint density at radius 2 is 1.76 bits per heavy atom. The van der Waals surface area contributed by atoms with Gasteiger partial charge in [-0.15, -0.1) is 0 Å². The molecule has 0 saturated heterocycles. The molecule has 1 aliphatic carbocycles. The molecule has 21 heavy (non-hydrogen) atoms. The molecule has 1 saturated carbocycles. The molecule has 114 valence electrons. The van der Waals surface area contributed by atoms with Crippen LogP contribution in [-0.2, 0) is 16.1 Å². The molecule has 1 aromatic rings. The topological polar surface area (TPSA) is 57.6 Å². The Kier molecular flexibility index (Phi) is 5.39. The van der Waals surface area contributed by atoms with Gasteiger partial charge < -0.3 is 10.0 Å². The highest BCUT2D eigenvalue weighted by molar-refractivity contribution is 9.10. The van der Waals surface area contributed by atoms with E-state index in [9.17, 15) is 14.7 Å². The van der Waals surface area contributed by atoms with E-state index in [1.807, 2.05) is 24.3 Å². The summed E-state index contributed by atoms with van der Waals surface area (Å²) in [6.45, 7) is 0.509. The van der Waals surface area contributed by atoms with Crippen LogP contribution in [0.25, 0.3) is 0 Å². The fourth-order valence-corrected chi connectivity index (χ4v) is 3.21. The largest absolute Gasteiger partial charge is 0.481 e. The number of carbonyl (C=O) groups is 2. The predicted octanol–water partition coefficient (Wildman–Crippen LogP) is 3.30. The van der Waals surface area contributed by atoms with Gasteiger partial charge in [0.05, 0.1) is 11.8 Å². The van der Waals surface area contributed by atoms with Crippen molar-refractivity contribution in [1.82, 2.24) is 4.90 Å². The molecule has 5 heteroatoms. The Labute approximate surface area is 133 Å². The second-order valence-electron chi connectivity index (χ2n) is 5.66. The molecule has 0 radical (unpaired) electrons. The van der Waals surface area contributed by atoms with Crippen molar-refractivity contribution >= 4 is 27.8 Å². The molecule has 0 bridgehead atoms. The van der Waals surface area contributed by atoms with E-state index < -0.39 is 11.9 Å². The van der Waals surface area contributed by atoms with Gasteiger partial charge in [0, 0.05) is 18.1 Å². The van der Waals surface area contributed by atoms with E-state index in [1.165, 1.54) is 0 Å². The van der Waals surface area contributed by atoms with Crippen LogP contribution in [0.4, 0.5) is 0 Å². The quantitative estimate of drug-likeness (QED) is 0.903. The number of halogens is 1. The van der Waals surface area contributed by atoms with Crippen LogP contribution < -0.4 is 0 Å². The molecule has 0 heterocycles. The molecule has 0 aliphatic heterocycles. The Morgan fingerprint density at radius 3 is 2.33 bits per heavy atom. The molecule has 1 amide bonds. The zero-order valence-electron chi connectivity index (χ0n) is 12.1. The first-order chi connectivity index (χ1) is 9.99. The molecule has 1 aromatic carbocycles. The Hall–Kier alpha value is -1.36. The zero-order chi connectivity index (χ0) is 15.4. The summed E-state index contributed by atoms with van der Waals surface area (Å²) in [6, 6.07) is 7.80. The molecule has 1 aliphatic rings. The van der Waals surface area contributed by atoms with Crippen LogP contribution >= 0.6 is 15.9 Å². The van der Waals surface area contributed by atoms with E-state index in [1.54, 1.807) is 11.9 Å². The summed E-state index contributed by atoms with van der Waals surface area (Å²) >= 11 is 3.38. The third-order valence-electron chi connectivity index (χ3n) is 4.11. The number of aliphatic carboxylic acids is 1. The molecular weight excluding hydrogens is 334 g/mol. The third-order valence-corrected chi connectivity index (χ3v) is 4.64. The predicted molar refractivity (Wildman–Crippen MR) is 83.7 cm³/mol. The van der Waals surface area contributed by atoms with Gasteiger partial charge in [0.1, 0.15) is 0 Å². The molecule has 2 atom stereocenters. The third kappa shape index (κ3) is 4.06. The normalized spacial score (nSPS) is 21.8. The van der Waals surface area contributed by atoms with Crippen LogP contribution in [0.1, 0.15) is 31.2 Å². The van der Waals surface area contributed by atoms with Gasteiger partial charge in [0.2, 0.25) is 5.91 Å². The summed E-state index contributed by atoms with van der Waals surface area (Å²) in [4.78, 5) is 25.5. The Morgan fingerprint density at radius 1 is 1.19 bits per heavy atom. The number of nitrogens with zero attached hydrogens (tertiary/aromatic N) is 1. The minimum absolute atomic E-state index is 0.0509. The monoisotopic (exact) mass is 353 g/mol. The first-order valence-corrected chi connectivity index (χ1v) is 8.00. The average molecular weight is 354 g/mol. The van der Waals surface area contributed by atoms with E-state index in [2.05, 4.69) is 15.9 Å². The van der Waals surface area contributed by atoms with E-state index in [4.69, 9.17) is 0 Å². The Balaban J connectivity index is 2.03. The second kappa shape index (κ2) is 7.07. The molecule has 2 rings (SSSR count). The Bertz CT molecular complexity index is 515. The summed E-state index contributed by atoms with van der Waals surface area (Å²) in [5.74, 6) is -1.80. The highest BCUT2D eigenvalue weighted by Crippen LogP contribution is 2.31. The zero-order valence-corrected chi connectivity index (χ0v) is 13.7. The maximum atomic E-state index is 12.5. The lowest BCUT2D eigenvalue weighted by Gasteiger charge is -2.31. The second-order valence-corrected chi connectivity index (χ2v) is 6.57. The van der Waals surface area contributed by atoms with E-state index in [0.29, 0.717) is 19.4 Å². The van der Waals surface area contributed by atoms with Crippen LogP contribution in [0.2, 0.25) is 0 Å². The highest BCUT2D eigenvalue weighted by Gasteiger charge is 2.36. The van der Waals surface area contributed by atoms with Crippen molar-refractivity contribution < 1.29 is 14.7 Å². The van der Waals surface area contributed by atoms with Gasteiger partial charge in [-0.3, -0.25) is 9.59 Å². The van der Waals surface area contributed by atoms with Crippen LogP contribution in [-0.4, -0.2) is 28.9 Å². The van der Waals surface area contributed by atoms with Crippen LogP contribution in [0.15, 0.2) is 28.7 Å². The van der Waals surface area contributed by atoms with Crippen molar-refractivity contribution in [2.75, 3.05) is 7.05 Å². The number of rotatable bonds is 4. The standard InChI is InChI=1S/C16H20BrNO3/c1-18(10-11-6-8-12(17)9-7-11)15(19)13-4-2-3-5-14(13)16(20)21/h6-9,13-14H,2-5,10H2,1H3,(H,20,21)/t13-,14+/m1/s1. The molecule has 0 unspecified atom stereocenters. The molecule has 4 nitrogen and oxygen atoms in total. The number of carboxylic acids is 1. The number of carbonyl (C=O) groups excluding carboxylic acids is 1. The van der Waals surface area contributed by atoms with Gasteiger partial charge in [-0.1, -0.05) is 40.9 Å². The summed E-state index contributed by atoms with van der Waals surface area (Å²) < 4.78 is 0.999. The number of carboxylic acid groups (broad SMARTS) is 1. The minimum atomic E-state index is -0.843. The maximum absolute atomic E-state index is 12.5. The molecule has 1 fully saturated rings. The number of hydrogen-bond donors (Lipinski definition) is 1. The lowest BCUT2D eigenvalue weighted by molar-refractivity contribution is -0.152. The van der Waals surface area contributed by atoms with E-state index in [-0.39, 0.29) is 11.8 Å². The molecular formula is C16H20BrNO3. The van der Waals surface area contributed by atoms with E-state index in [0.717, 1.165) is 22.9 Å². The van der Waals surface area contributed by atoms with Crippen molar-refractivity contribution in [3.8, 4) is 0 Å². The lowest BCUT2D eigenvalue weighted by atomic mass is 9.78. The van der Waals surface area contributed by atoms with Gasteiger partial charge in [0.25, 0.3) is 0 Å². The van der Waals surface area contributed by atoms with Gasteiger partial charge in [-0.05, 0) is 30.5 Å². The maximum Gasteiger partial charge on any atom is 0.307 e. The SMILES string of the molecule is CN(Cc1ccc(Br)cc1)C(=O)[C@@H]1CCCC[C@@H]1C(=O)O. The van der Waals surface area contributed by atoms with Crippen molar-refractivity contribution in [3.05, 3.63) is 34.3 Å². The van der Waals surface area contributed by atoms with Gasteiger partial charge in [0.15, 0.2) is 0 Å². The molecule has 0 spiro atoms. The summed E-state index contributed by atoms with van der Waals surface area (Å²) in [7, 11) is 1.75. The number of amides is 1. The highest BCUT2D eigenvalue weighted by atomic mass is 79.9. The van der Waals surface area contributed by atoms with Gasteiger partial charge in [-0.25, -0.2) is 0 Å². The molecule has 1 N–H and O–H groups in total. The first kappa shape index (κ1) is 16.0. The molecule has 0 aromatic heterocycles.